The van der Waals surface area contributed by atoms with Crippen LogP contribution in [0.15, 0.2) is 18.3 Å². The maximum atomic E-state index is 10.7. The fraction of sp³-hybridized carbons (Fsp3) is 0.333. The fourth-order valence-electron chi connectivity index (χ4n) is 1.01. The SMILES string of the molecule is O=C(O)c1ncccc1OC1CC1. The molecule has 68 valence electrons. The van der Waals surface area contributed by atoms with Gasteiger partial charge in [0.05, 0.1) is 6.10 Å². The number of hydrogen-bond acceptors (Lipinski definition) is 3. The average molecular weight is 179 g/mol. The normalized spacial score (nSPS) is 15.4. The Morgan fingerprint density at radius 3 is 3.00 bits per heavy atom. The van der Waals surface area contributed by atoms with Gasteiger partial charge in [0.25, 0.3) is 0 Å². The van der Waals surface area contributed by atoms with Crippen LogP contribution in [0.5, 0.6) is 5.75 Å². The third kappa shape index (κ3) is 1.77. The van der Waals surface area contributed by atoms with E-state index in [1.807, 2.05) is 0 Å². The predicted molar refractivity (Wildman–Crippen MR) is 44.8 cm³/mol. The fourth-order valence-corrected chi connectivity index (χ4v) is 1.01. The van der Waals surface area contributed by atoms with E-state index in [2.05, 4.69) is 4.98 Å². The van der Waals surface area contributed by atoms with Crippen LogP contribution >= 0.6 is 0 Å². The largest absolute Gasteiger partial charge is 0.488 e. The Morgan fingerprint density at radius 2 is 2.38 bits per heavy atom. The Bertz CT molecular complexity index is 333. The van der Waals surface area contributed by atoms with Gasteiger partial charge in [0.2, 0.25) is 0 Å². The topological polar surface area (TPSA) is 59.4 Å². The zero-order chi connectivity index (χ0) is 9.26. The lowest BCUT2D eigenvalue weighted by molar-refractivity contribution is 0.0685. The summed E-state index contributed by atoms with van der Waals surface area (Å²) in [5.41, 5.74) is -0.00519. The first-order valence-electron chi connectivity index (χ1n) is 4.12. The minimum atomic E-state index is -1.05. The summed E-state index contributed by atoms with van der Waals surface area (Å²) < 4.78 is 5.37. The third-order valence-electron chi connectivity index (χ3n) is 1.79. The smallest absolute Gasteiger partial charge is 0.358 e. The number of rotatable bonds is 3. The first-order chi connectivity index (χ1) is 6.27. The van der Waals surface area contributed by atoms with Crippen molar-refractivity contribution in [3.8, 4) is 5.75 Å². The molecule has 1 fully saturated rings. The highest BCUT2D eigenvalue weighted by molar-refractivity contribution is 5.88. The lowest BCUT2D eigenvalue weighted by Gasteiger charge is -2.05. The van der Waals surface area contributed by atoms with Crippen molar-refractivity contribution in [1.29, 1.82) is 0 Å². The van der Waals surface area contributed by atoms with E-state index in [-0.39, 0.29) is 11.8 Å². The molecule has 1 aliphatic carbocycles. The van der Waals surface area contributed by atoms with Gasteiger partial charge >= 0.3 is 5.97 Å². The number of aromatic carboxylic acids is 1. The summed E-state index contributed by atoms with van der Waals surface area (Å²) in [5.74, 6) is -0.672. The second-order valence-electron chi connectivity index (χ2n) is 2.97. The molecule has 0 radical (unpaired) electrons. The predicted octanol–water partition coefficient (Wildman–Crippen LogP) is 1.32. The summed E-state index contributed by atoms with van der Waals surface area (Å²) in [4.78, 5) is 14.4. The standard InChI is InChI=1S/C9H9NO3/c11-9(12)8-7(2-1-5-10-8)13-6-3-4-6/h1-2,5-6H,3-4H2,(H,11,12). The van der Waals surface area contributed by atoms with Crippen LogP contribution < -0.4 is 4.74 Å². The van der Waals surface area contributed by atoms with E-state index in [4.69, 9.17) is 9.84 Å². The van der Waals surface area contributed by atoms with E-state index in [1.54, 1.807) is 12.1 Å². The summed E-state index contributed by atoms with van der Waals surface area (Å²) in [6.45, 7) is 0. The van der Waals surface area contributed by atoms with Crippen molar-refractivity contribution < 1.29 is 14.6 Å². The molecule has 1 aromatic rings. The van der Waals surface area contributed by atoms with Gasteiger partial charge in [0.15, 0.2) is 11.4 Å². The number of pyridine rings is 1. The molecule has 1 aliphatic rings. The van der Waals surface area contributed by atoms with Gasteiger partial charge in [-0.25, -0.2) is 9.78 Å². The van der Waals surface area contributed by atoms with Gasteiger partial charge in [-0.1, -0.05) is 0 Å². The van der Waals surface area contributed by atoms with Gasteiger partial charge in [0, 0.05) is 6.20 Å². The van der Waals surface area contributed by atoms with Crippen molar-refractivity contribution in [3.05, 3.63) is 24.0 Å². The molecular weight excluding hydrogens is 170 g/mol. The lowest BCUT2D eigenvalue weighted by atomic mass is 10.3. The number of ether oxygens (including phenoxy) is 1. The van der Waals surface area contributed by atoms with Crippen LogP contribution in [0.25, 0.3) is 0 Å². The van der Waals surface area contributed by atoms with Gasteiger partial charge in [-0.3, -0.25) is 0 Å². The summed E-state index contributed by atoms with van der Waals surface area (Å²) in [6, 6.07) is 3.30. The molecular formula is C9H9NO3. The molecule has 2 rings (SSSR count). The summed E-state index contributed by atoms with van der Waals surface area (Å²) >= 11 is 0. The van der Waals surface area contributed by atoms with Crippen molar-refractivity contribution in [2.45, 2.75) is 18.9 Å². The monoisotopic (exact) mass is 179 g/mol. The highest BCUT2D eigenvalue weighted by atomic mass is 16.5. The average Bonchev–Trinajstić information content (AvgIpc) is 2.89. The molecule has 1 heterocycles. The van der Waals surface area contributed by atoms with E-state index in [0.717, 1.165) is 12.8 Å². The van der Waals surface area contributed by atoms with Crippen molar-refractivity contribution in [3.63, 3.8) is 0 Å². The number of aromatic nitrogens is 1. The minimum Gasteiger partial charge on any atom is -0.488 e. The Morgan fingerprint density at radius 1 is 1.62 bits per heavy atom. The van der Waals surface area contributed by atoms with Gasteiger partial charge in [0.1, 0.15) is 0 Å². The van der Waals surface area contributed by atoms with Gasteiger partial charge in [-0.15, -0.1) is 0 Å². The Balaban J connectivity index is 2.25. The van der Waals surface area contributed by atoms with E-state index < -0.39 is 5.97 Å². The number of hydrogen-bond donors (Lipinski definition) is 1. The molecule has 4 heteroatoms. The van der Waals surface area contributed by atoms with Crippen LogP contribution in [-0.4, -0.2) is 22.2 Å². The first-order valence-corrected chi connectivity index (χ1v) is 4.12. The maximum Gasteiger partial charge on any atom is 0.358 e. The second-order valence-corrected chi connectivity index (χ2v) is 2.97. The van der Waals surface area contributed by atoms with Crippen LogP contribution in [0.1, 0.15) is 23.3 Å². The molecule has 4 nitrogen and oxygen atoms in total. The van der Waals surface area contributed by atoms with E-state index >= 15 is 0 Å². The highest BCUT2D eigenvalue weighted by Gasteiger charge is 2.25. The highest BCUT2D eigenvalue weighted by Crippen LogP contribution is 2.27. The van der Waals surface area contributed by atoms with Crippen molar-refractivity contribution in [2.75, 3.05) is 0 Å². The minimum absolute atomic E-state index is 0.00519. The van der Waals surface area contributed by atoms with Crippen LogP contribution in [0, 0.1) is 0 Å². The lowest BCUT2D eigenvalue weighted by Crippen LogP contribution is -2.06. The molecule has 1 aromatic heterocycles. The molecule has 0 amide bonds. The quantitative estimate of drug-likeness (QED) is 0.760. The third-order valence-corrected chi connectivity index (χ3v) is 1.79. The Hall–Kier alpha value is -1.58. The molecule has 0 bridgehead atoms. The molecule has 1 N–H and O–H groups in total. The molecule has 0 spiro atoms. The zero-order valence-electron chi connectivity index (χ0n) is 6.93. The van der Waals surface area contributed by atoms with Gasteiger partial charge < -0.3 is 9.84 Å². The van der Waals surface area contributed by atoms with Crippen molar-refractivity contribution >= 4 is 5.97 Å². The number of nitrogens with zero attached hydrogens (tertiary/aromatic N) is 1. The number of carboxylic acid groups (broad SMARTS) is 1. The van der Waals surface area contributed by atoms with Crippen molar-refractivity contribution in [1.82, 2.24) is 4.98 Å². The first kappa shape index (κ1) is 8.04. The molecule has 0 aliphatic heterocycles. The molecule has 0 atom stereocenters. The van der Waals surface area contributed by atoms with E-state index in [0.29, 0.717) is 5.75 Å². The number of carbonyl (C=O) groups is 1. The van der Waals surface area contributed by atoms with Crippen LogP contribution in [-0.2, 0) is 0 Å². The summed E-state index contributed by atoms with van der Waals surface area (Å²) in [5, 5.41) is 8.76. The van der Waals surface area contributed by atoms with Gasteiger partial charge in [-0.2, -0.15) is 0 Å². The Kier molecular flexibility index (Phi) is 1.88. The maximum absolute atomic E-state index is 10.7. The molecule has 0 aromatic carbocycles. The van der Waals surface area contributed by atoms with E-state index in [9.17, 15) is 4.79 Å². The molecule has 0 unspecified atom stereocenters. The van der Waals surface area contributed by atoms with Crippen molar-refractivity contribution in [2.24, 2.45) is 0 Å². The van der Waals surface area contributed by atoms with Gasteiger partial charge in [-0.05, 0) is 25.0 Å². The molecule has 13 heavy (non-hydrogen) atoms. The zero-order valence-corrected chi connectivity index (χ0v) is 6.93. The van der Waals surface area contributed by atoms with Crippen LogP contribution in [0.2, 0.25) is 0 Å². The Labute approximate surface area is 75.2 Å². The molecule has 0 saturated heterocycles. The van der Waals surface area contributed by atoms with E-state index in [1.165, 1.54) is 6.20 Å². The number of carboxylic acids is 1. The summed E-state index contributed by atoms with van der Waals surface area (Å²) in [7, 11) is 0. The van der Waals surface area contributed by atoms with Crippen LogP contribution in [0.4, 0.5) is 0 Å². The second kappa shape index (κ2) is 3.05. The molecule has 1 saturated carbocycles. The summed E-state index contributed by atoms with van der Waals surface area (Å²) in [6.07, 6.45) is 3.66. The van der Waals surface area contributed by atoms with Crippen LogP contribution in [0.3, 0.4) is 0 Å².